The van der Waals surface area contributed by atoms with Gasteiger partial charge >= 0.3 is 0 Å². The van der Waals surface area contributed by atoms with Crippen LogP contribution in [-0.4, -0.2) is 6.61 Å². The van der Waals surface area contributed by atoms with Crippen molar-refractivity contribution in [3.05, 3.63) is 11.8 Å². The first kappa shape index (κ1) is 9.54. The second kappa shape index (κ2) is 6.66. The van der Waals surface area contributed by atoms with Crippen LogP contribution in [0.4, 0.5) is 0 Å². The Balaban J connectivity index is 3.04. The molecular formula is C9H18O. The second-order valence-electron chi connectivity index (χ2n) is 2.45. The summed E-state index contributed by atoms with van der Waals surface area (Å²) >= 11 is 0. The molecule has 0 aliphatic carbocycles. The Hall–Kier alpha value is -0.460. The van der Waals surface area contributed by atoms with Gasteiger partial charge in [0.2, 0.25) is 0 Å². The van der Waals surface area contributed by atoms with Crippen LogP contribution in [0.2, 0.25) is 0 Å². The molecule has 0 aliphatic heterocycles. The molecule has 0 fully saturated rings. The Labute approximate surface area is 64.1 Å². The lowest BCUT2D eigenvalue weighted by Gasteiger charge is -2.03. The van der Waals surface area contributed by atoms with Crippen molar-refractivity contribution in [2.24, 2.45) is 0 Å². The molecule has 0 saturated carbocycles. The Morgan fingerprint density at radius 1 is 1.40 bits per heavy atom. The number of hydrogen-bond donors (Lipinski definition) is 0. The number of rotatable bonds is 5. The van der Waals surface area contributed by atoms with Crippen LogP contribution in [0.3, 0.4) is 0 Å². The van der Waals surface area contributed by atoms with Gasteiger partial charge in [0.15, 0.2) is 0 Å². The van der Waals surface area contributed by atoms with Crippen LogP contribution in [0.15, 0.2) is 11.8 Å². The van der Waals surface area contributed by atoms with Crippen LogP contribution in [-0.2, 0) is 4.74 Å². The fourth-order valence-corrected chi connectivity index (χ4v) is 0.669. The average molecular weight is 142 g/mol. The normalized spacial score (nSPS) is 11.7. The van der Waals surface area contributed by atoms with E-state index in [0.29, 0.717) is 0 Å². The first-order chi connectivity index (χ1) is 4.81. The van der Waals surface area contributed by atoms with Crippen molar-refractivity contribution in [3.63, 3.8) is 0 Å². The molecule has 0 spiro atoms. The molecule has 0 atom stereocenters. The summed E-state index contributed by atoms with van der Waals surface area (Å²) in [5.41, 5.74) is 0. The molecule has 60 valence electrons. The molecule has 0 radical (unpaired) electrons. The fourth-order valence-electron chi connectivity index (χ4n) is 0.669. The molecule has 1 nitrogen and oxygen atoms in total. The predicted molar refractivity (Wildman–Crippen MR) is 44.9 cm³/mol. The van der Waals surface area contributed by atoms with Crippen molar-refractivity contribution < 1.29 is 4.74 Å². The van der Waals surface area contributed by atoms with Crippen molar-refractivity contribution in [2.75, 3.05) is 6.61 Å². The van der Waals surface area contributed by atoms with Gasteiger partial charge in [-0.1, -0.05) is 25.8 Å². The molecule has 0 N–H and O–H groups in total. The molecular weight excluding hydrogens is 124 g/mol. The highest BCUT2D eigenvalue weighted by Crippen LogP contribution is 1.99. The number of hydrogen-bond acceptors (Lipinski definition) is 1. The monoisotopic (exact) mass is 142 g/mol. The van der Waals surface area contributed by atoms with Crippen molar-refractivity contribution in [2.45, 2.75) is 40.0 Å². The molecule has 0 saturated heterocycles. The SMILES string of the molecule is C/C=C(\C)OCCCCC. The van der Waals surface area contributed by atoms with E-state index in [0.717, 1.165) is 12.4 Å². The van der Waals surface area contributed by atoms with Gasteiger partial charge in [0.1, 0.15) is 0 Å². The van der Waals surface area contributed by atoms with E-state index in [9.17, 15) is 0 Å². The summed E-state index contributed by atoms with van der Waals surface area (Å²) < 4.78 is 5.35. The zero-order valence-electron chi connectivity index (χ0n) is 7.31. The van der Waals surface area contributed by atoms with Gasteiger partial charge in [-0.05, 0) is 20.3 Å². The summed E-state index contributed by atoms with van der Waals surface area (Å²) in [6.07, 6.45) is 5.71. The zero-order chi connectivity index (χ0) is 7.82. The van der Waals surface area contributed by atoms with Crippen molar-refractivity contribution in [1.82, 2.24) is 0 Å². The van der Waals surface area contributed by atoms with E-state index in [4.69, 9.17) is 4.74 Å². The molecule has 0 bridgehead atoms. The van der Waals surface area contributed by atoms with Crippen LogP contribution in [0, 0.1) is 0 Å². The van der Waals surface area contributed by atoms with Crippen LogP contribution in [0.25, 0.3) is 0 Å². The van der Waals surface area contributed by atoms with Crippen LogP contribution >= 0.6 is 0 Å². The maximum Gasteiger partial charge on any atom is 0.0886 e. The maximum absolute atomic E-state index is 5.35. The summed E-state index contributed by atoms with van der Waals surface area (Å²) in [4.78, 5) is 0. The Kier molecular flexibility index (Phi) is 6.35. The average Bonchev–Trinajstić information content (AvgIpc) is 1.98. The highest BCUT2D eigenvalue weighted by Gasteiger charge is 1.87. The van der Waals surface area contributed by atoms with Crippen LogP contribution in [0.1, 0.15) is 40.0 Å². The summed E-state index contributed by atoms with van der Waals surface area (Å²) in [6.45, 7) is 7.06. The van der Waals surface area contributed by atoms with Gasteiger partial charge in [0.05, 0.1) is 12.4 Å². The second-order valence-corrected chi connectivity index (χ2v) is 2.45. The number of ether oxygens (including phenoxy) is 1. The molecule has 0 aromatic carbocycles. The van der Waals surface area contributed by atoms with E-state index in [-0.39, 0.29) is 0 Å². The van der Waals surface area contributed by atoms with E-state index in [1.54, 1.807) is 0 Å². The molecule has 1 heteroatoms. The highest BCUT2D eigenvalue weighted by atomic mass is 16.5. The van der Waals surface area contributed by atoms with Gasteiger partial charge in [-0.2, -0.15) is 0 Å². The molecule has 0 aromatic heterocycles. The molecule has 0 aliphatic rings. The Morgan fingerprint density at radius 2 is 2.10 bits per heavy atom. The predicted octanol–water partition coefficient (Wildman–Crippen LogP) is 3.12. The minimum absolute atomic E-state index is 0.879. The van der Waals surface area contributed by atoms with Gasteiger partial charge in [-0.15, -0.1) is 0 Å². The van der Waals surface area contributed by atoms with Crippen molar-refractivity contribution in [3.8, 4) is 0 Å². The molecule has 0 aromatic rings. The largest absolute Gasteiger partial charge is 0.499 e. The van der Waals surface area contributed by atoms with E-state index in [1.165, 1.54) is 19.3 Å². The summed E-state index contributed by atoms with van der Waals surface area (Å²) in [5, 5.41) is 0. The molecule has 0 amide bonds. The maximum atomic E-state index is 5.35. The molecule has 10 heavy (non-hydrogen) atoms. The number of allylic oxidation sites excluding steroid dienone is 2. The molecule has 0 rings (SSSR count). The Morgan fingerprint density at radius 3 is 2.60 bits per heavy atom. The summed E-state index contributed by atoms with van der Waals surface area (Å²) in [7, 11) is 0. The lowest BCUT2D eigenvalue weighted by Crippen LogP contribution is -1.91. The van der Waals surface area contributed by atoms with Crippen LogP contribution < -0.4 is 0 Å². The van der Waals surface area contributed by atoms with E-state index in [1.807, 2.05) is 19.9 Å². The van der Waals surface area contributed by atoms with Crippen LogP contribution in [0.5, 0.6) is 0 Å². The molecule has 0 heterocycles. The number of unbranched alkanes of at least 4 members (excludes halogenated alkanes) is 2. The topological polar surface area (TPSA) is 9.23 Å². The third kappa shape index (κ3) is 5.67. The minimum Gasteiger partial charge on any atom is -0.499 e. The third-order valence-corrected chi connectivity index (χ3v) is 1.48. The summed E-state index contributed by atoms with van der Waals surface area (Å²) in [6, 6.07) is 0. The van der Waals surface area contributed by atoms with E-state index < -0.39 is 0 Å². The van der Waals surface area contributed by atoms with Gasteiger partial charge < -0.3 is 4.74 Å². The van der Waals surface area contributed by atoms with Gasteiger partial charge in [-0.3, -0.25) is 0 Å². The third-order valence-electron chi connectivity index (χ3n) is 1.48. The first-order valence-electron chi connectivity index (χ1n) is 4.07. The van der Waals surface area contributed by atoms with Gasteiger partial charge in [0, 0.05) is 0 Å². The van der Waals surface area contributed by atoms with Crippen molar-refractivity contribution >= 4 is 0 Å². The van der Waals surface area contributed by atoms with E-state index >= 15 is 0 Å². The lowest BCUT2D eigenvalue weighted by molar-refractivity contribution is 0.207. The summed E-state index contributed by atoms with van der Waals surface area (Å²) in [5.74, 6) is 1.04. The molecule has 0 unspecified atom stereocenters. The Bertz CT molecular complexity index is 94.9. The fraction of sp³-hybridized carbons (Fsp3) is 0.778. The standard InChI is InChI=1S/C9H18O/c1-4-6-7-8-10-9(3)5-2/h5H,4,6-8H2,1-3H3/b9-5+. The lowest BCUT2D eigenvalue weighted by atomic mass is 10.3. The van der Waals surface area contributed by atoms with Crippen molar-refractivity contribution in [1.29, 1.82) is 0 Å². The zero-order valence-corrected chi connectivity index (χ0v) is 7.31. The van der Waals surface area contributed by atoms with Gasteiger partial charge in [0.25, 0.3) is 0 Å². The minimum atomic E-state index is 0.879. The quantitative estimate of drug-likeness (QED) is 0.423. The van der Waals surface area contributed by atoms with Gasteiger partial charge in [-0.25, -0.2) is 0 Å². The smallest absolute Gasteiger partial charge is 0.0886 e. The first-order valence-corrected chi connectivity index (χ1v) is 4.07. The highest BCUT2D eigenvalue weighted by molar-refractivity contribution is 4.83. The van der Waals surface area contributed by atoms with E-state index in [2.05, 4.69) is 6.92 Å².